The van der Waals surface area contributed by atoms with Crippen LogP contribution in [0.3, 0.4) is 0 Å². The third kappa shape index (κ3) is 2.90. The SMILES string of the molecule is CC1CCNC(c2ccc(Br)s2)CS1=O. The second kappa shape index (κ2) is 5.08. The maximum absolute atomic E-state index is 11.9. The Kier molecular flexibility index (Phi) is 3.98. The summed E-state index contributed by atoms with van der Waals surface area (Å²) in [6.07, 6.45) is 1.01. The molecule has 5 heteroatoms. The first kappa shape index (κ1) is 11.8. The summed E-state index contributed by atoms with van der Waals surface area (Å²) in [6, 6.07) is 4.44. The normalized spacial score (nSPS) is 32.5. The van der Waals surface area contributed by atoms with E-state index >= 15 is 0 Å². The second-order valence-electron chi connectivity index (χ2n) is 3.80. The van der Waals surface area contributed by atoms with Crippen molar-refractivity contribution in [3.8, 4) is 0 Å². The number of nitrogens with one attached hydrogen (secondary N) is 1. The molecule has 1 aliphatic rings. The van der Waals surface area contributed by atoms with Gasteiger partial charge in [-0.1, -0.05) is 6.92 Å². The highest BCUT2D eigenvalue weighted by Crippen LogP contribution is 2.29. The van der Waals surface area contributed by atoms with E-state index in [9.17, 15) is 4.21 Å². The summed E-state index contributed by atoms with van der Waals surface area (Å²) in [5.74, 6) is 0.744. The first-order valence-corrected chi connectivity index (χ1v) is 8.02. The van der Waals surface area contributed by atoms with Crippen LogP contribution < -0.4 is 5.32 Å². The highest BCUT2D eigenvalue weighted by Gasteiger charge is 2.23. The molecule has 1 saturated heterocycles. The fourth-order valence-corrected chi connectivity index (χ4v) is 4.62. The van der Waals surface area contributed by atoms with Crippen molar-refractivity contribution in [2.45, 2.75) is 24.6 Å². The summed E-state index contributed by atoms with van der Waals surface area (Å²) in [5, 5.41) is 3.79. The molecule has 1 N–H and O–H groups in total. The molecular formula is C10H14BrNOS2. The lowest BCUT2D eigenvalue weighted by Gasteiger charge is -2.12. The molecule has 0 aromatic carbocycles. The topological polar surface area (TPSA) is 29.1 Å². The molecule has 0 radical (unpaired) electrons. The molecule has 2 rings (SSSR count). The molecule has 3 atom stereocenters. The Morgan fingerprint density at radius 2 is 2.40 bits per heavy atom. The van der Waals surface area contributed by atoms with Crippen molar-refractivity contribution < 1.29 is 4.21 Å². The molecule has 0 bridgehead atoms. The minimum Gasteiger partial charge on any atom is -0.308 e. The van der Waals surface area contributed by atoms with Crippen LogP contribution in [0, 0.1) is 0 Å². The van der Waals surface area contributed by atoms with Gasteiger partial charge >= 0.3 is 0 Å². The van der Waals surface area contributed by atoms with Crippen LogP contribution in [0.1, 0.15) is 24.3 Å². The summed E-state index contributed by atoms with van der Waals surface area (Å²) in [6.45, 7) is 3.04. The smallest absolute Gasteiger partial charge is 0.0701 e. The van der Waals surface area contributed by atoms with Crippen molar-refractivity contribution in [1.82, 2.24) is 5.32 Å². The van der Waals surface area contributed by atoms with Crippen molar-refractivity contribution in [3.63, 3.8) is 0 Å². The number of rotatable bonds is 1. The number of hydrogen-bond acceptors (Lipinski definition) is 3. The van der Waals surface area contributed by atoms with Crippen LogP contribution >= 0.6 is 27.3 Å². The van der Waals surface area contributed by atoms with Gasteiger partial charge in [0.2, 0.25) is 0 Å². The fraction of sp³-hybridized carbons (Fsp3) is 0.600. The van der Waals surface area contributed by atoms with Crippen LogP contribution in [-0.2, 0) is 10.8 Å². The van der Waals surface area contributed by atoms with E-state index in [1.807, 2.05) is 0 Å². The Bertz CT molecular complexity index is 366. The average Bonchev–Trinajstić information content (AvgIpc) is 2.55. The van der Waals surface area contributed by atoms with E-state index in [2.05, 4.69) is 40.3 Å². The van der Waals surface area contributed by atoms with Gasteiger partial charge in [0.25, 0.3) is 0 Å². The van der Waals surface area contributed by atoms with Crippen LogP contribution in [0.5, 0.6) is 0 Å². The van der Waals surface area contributed by atoms with Gasteiger partial charge in [0, 0.05) is 26.7 Å². The zero-order valence-corrected chi connectivity index (χ0v) is 11.8. The van der Waals surface area contributed by atoms with Crippen molar-refractivity contribution in [2.24, 2.45) is 0 Å². The average molecular weight is 308 g/mol. The van der Waals surface area contributed by atoms with Crippen molar-refractivity contribution in [1.29, 1.82) is 0 Å². The summed E-state index contributed by atoms with van der Waals surface area (Å²) < 4.78 is 13.0. The summed E-state index contributed by atoms with van der Waals surface area (Å²) in [7, 11) is -0.695. The summed E-state index contributed by atoms with van der Waals surface area (Å²) in [5.41, 5.74) is 0. The number of halogens is 1. The molecule has 0 aliphatic carbocycles. The minimum absolute atomic E-state index is 0.270. The highest BCUT2D eigenvalue weighted by molar-refractivity contribution is 9.11. The van der Waals surface area contributed by atoms with Gasteiger partial charge in [0.05, 0.1) is 9.83 Å². The summed E-state index contributed by atoms with van der Waals surface area (Å²) >= 11 is 5.19. The largest absolute Gasteiger partial charge is 0.308 e. The van der Waals surface area contributed by atoms with Crippen molar-refractivity contribution in [2.75, 3.05) is 12.3 Å². The highest BCUT2D eigenvalue weighted by atomic mass is 79.9. The zero-order chi connectivity index (χ0) is 10.8. The molecule has 1 aromatic rings. The van der Waals surface area contributed by atoms with Gasteiger partial charge in [0.1, 0.15) is 0 Å². The van der Waals surface area contributed by atoms with E-state index in [1.54, 1.807) is 11.3 Å². The predicted octanol–water partition coefficient (Wildman–Crippen LogP) is 2.68. The molecule has 2 heterocycles. The van der Waals surface area contributed by atoms with Gasteiger partial charge in [-0.25, -0.2) is 0 Å². The first-order chi connectivity index (χ1) is 7.16. The second-order valence-corrected chi connectivity index (χ2v) is 8.19. The van der Waals surface area contributed by atoms with E-state index in [0.29, 0.717) is 5.25 Å². The predicted molar refractivity (Wildman–Crippen MR) is 69.9 cm³/mol. The third-order valence-electron chi connectivity index (χ3n) is 2.66. The van der Waals surface area contributed by atoms with E-state index < -0.39 is 10.8 Å². The van der Waals surface area contributed by atoms with Crippen molar-refractivity contribution >= 4 is 38.1 Å². The lowest BCUT2D eigenvalue weighted by atomic mass is 10.2. The fourth-order valence-electron chi connectivity index (χ4n) is 1.68. The number of thiophene rings is 1. The quantitative estimate of drug-likeness (QED) is 0.864. The third-order valence-corrected chi connectivity index (χ3v) is 6.19. The van der Waals surface area contributed by atoms with Gasteiger partial charge < -0.3 is 5.32 Å². The molecule has 0 amide bonds. The Morgan fingerprint density at radius 3 is 3.07 bits per heavy atom. The van der Waals surface area contributed by atoms with E-state index in [4.69, 9.17) is 0 Å². The van der Waals surface area contributed by atoms with E-state index in [-0.39, 0.29) is 6.04 Å². The molecule has 2 nitrogen and oxygen atoms in total. The van der Waals surface area contributed by atoms with E-state index in [1.165, 1.54) is 4.88 Å². The molecular weight excluding hydrogens is 294 g/mol. The molecule has 0 saturated carbocycles. The molecule has 0 spiro atoms. The Morgan fingerprint density at radius 1 is 1.60 bits per heavy atom. The maximum atomic E-state index is 11.9. The zero-order valence-electron chi connectivity index (χ0n) is 8.53. The molecule has 1 aromatic heterocycles. The molecule has 84 valence electrons. The van der Waals surface area contributed by atoms with Gasteiger partial charge in [0.15, 0.2) is 0 Å². The Balaban J connectivity index is 2.13. The molecule has 15 heavy (non-hydrogen) atoms. The number of hydrogen-bond donors (Lipinski definition) is 1. The first-order valence-electron chi connectivity index (χ1n) is 5.02. The van der Waals surface area contributed by atoms with Crippen LogP contribution in [0.2, 0.25) is 0 Å². The summed E-state index contributed by atoms with van der Waals surface area (Å²) in [4.78, 5) is 1.28. The molecule has 3 unspecified atom stereocenters. The van der Waals surface area contributed by atoms with Gasteiger partial charge in [-0.15, -0.1) is 11.3 Å². The Labute approximate surface area is 105 Å². The van der Waals surface area contributed by atoms with Crippen molar-refractivity contribution in [3.05, 3.63) is 20.8 Å². The standard InChI is InChI=1S/C10H14BrNOS2/c1-7-4-5-12-8(6-15(7)13)9-2-3-10(11)14-9/h2-3,7-8,12H,4-6H2,1H3. The van der Waals surface area contributed by atoms with E-state index in [0.717, 1.165) is 22.5 Å². The Hall–Kier alpha value is 0.290. The molecule has 1 aliphatic heterocycles. The monoisotopic (exact) mass is 307 g/mol. The lowest BCUT2D eigenvalue weighted by molar-refractivity contribution is 0.585. The van der Waals surface area contributed by atoms with Crippen LogP contribution in [0.15, 0.2) is 15.9 Å². The lowest BCUT2D eigenvalue weighted by Crippen LogP contribution is -2.22. The van der Waals surface area contributed by atoms with Gasteiger partial charge in [-0.2, -0.15) is 0 Å². The van der Waals surface area contributed by atoms with Crippen LogP contribution in [-0.4, -0.2) is 21.8 Å². The van der Waals surface area contributed by atoms with Crippen LogP contribution in [0.25, 0.3) is 0 Å². The maximum Gasteiger partial charge on any atom is 0.0701 e. The van der Waals surface area contributed by atoms with Gasteiger partial charge in [-0.3, -0.25) is 4.21 Å². The van der Waals surface area contributed by atoms with Gasteiger partial charge in [-0.05, 0) is 41.0 Å². The molecule has 1 fully saturated rings. The van der Waals surface area contributed by atoms with Crippen LogP contribution in [0.4, 0.5) is 0 Å². The minimum atomic E-state index is -0.695.